The Hall–Kier alpha value is -2.64. The highest BCUT2D eigenvalue weighted by Crippen LogP contribution is 2.42. The average molecular weight is 580 g/mol. The van der Waals surface area contributed by atoms with Gasteiger partial charge >= 0.3 is 12.4 Å². The van der Waals surface area contributed by atoms with E-state index in [2.05, 4.69) is 19.9 Å². The van der Waals surface area contributed by atoms with Gasteiger partial charge in [0.2, 0.25) is 17.6 Å². The first-order valence-corrected chi connectivity index (χ1v) is 12.7. The molecule has 14 heteroatoms. The van der Waals surface area contributed by atoms with Gasteiger partial charge in [0.1, 0.15) is 0 Å². The number of alkyl halides is 6. The van der Waals surface area contributed by atoms with Crippen LogP contribution < -0.4 is 4.90 Å². The topological polar surface area (TPSA) is 98.2 Å². The monoisotopic (exact) mass is 579 g/mol. The van der Waals surface area contributed by atoms with Crippen LogP contribution in [0.4, 0.5) is 32.3 Å². The molecule has 0 radical (unpaired) electrons. The summed E-state index contributed by atoms with van der Waals surface area (Å²) in [6.45, 7) is 4.86. The van der Waals surface area contributed by atoms with Crippen LogP contribution in [0.2, 0.25) is 5.02 Å². The summed E-state index contributed by atoms with van der Waals surface area (Å²) in [6.07, 6.45) is -10.2. The van der Waals surface area contributed by atoms with E-state index in [1.807, 2.05) is 6.92 Å². The number of nitrogens with one attached hydrogen (secondary N) is 1. The number of hydrogen-bond acceptors (Lipinski definition) is 6. The first-order valence-electron chi connectivity index (χ1n) is 12.3. The summed E-state index contributed by atoms with van der Waals surface area (Å²) in [7, 11) is 0. The third kappa shape index (κ3) is 6.41. The molecule has 0 fully saturated rings. The number of fused-ring (bicyclic) bond motifs is 3. The first kappa shape index (κ1) is 29.3. The van der Waals surface area contributed by atoms with Crippen molar-refractivity contribution in [3.8, 4) is 0 Å². The zero-order valence-electron chi connectivity index (χ0n) is 21.3. The highest BCUT2D eigenvalue weighted by molar-refractivity contribution is 6.31. The number of aliphatic hydroxyl groups is 2. The molecule has 3 heterocycles. The summed E-state index contributed by atoms with van der Waals surface area (Å²) in [5, 5.41) is 21.6. The van der Waals surface area contributed by atoms with Gasteiger partial charge in [-0.25, -0.2) is 4.98 Å². The van der Waals surface area contributed by atoms with Crippen LogP contribution in [0.1, 0.15) is 69.0 Å². The van der Waals surface area contributed by atoms with Crippen LogP contribution in [-0.4, -0.2) is 48.4 Å². The van der Waals surface area contributed by atoms with Crippen LogP contribution in [0.15, 0.2) is 18.2 Å². The van der Waals surface area contributed by atoms with E-state index in [9.17, 15) is 36.6 Å². The smallest absolute Gasteiger partial charge is 0.390 e. The van der Waals surface area contributed by atoms with Crippen molar-refractivity contribution in [1.82, 2.24) is 19.9 Å². The van der Waals surface area contributed by atoms with Gasteiger partial charge in [0.25, 0.3) is 0 Å². The van der Waals surface area contributed by atoms with Crippen LogP contribution >= 0.6 is 11.6 Å². The van der Waals surface area contributed by atoms with Crippen molar-refractivity contribution in [3.63, 3.8) is 0 Å². The zero-order chi connectivity index (χ0) is 28.9. The summed E-state index contributed by atoms with van der Waals surface area (Å²) < 4.78 is 81.0. The van der Waals surface area contributed by atoms with Gasteiger partial charge in [0.05, 0.1) is 17.7 Å². The van der Waals surface area contributed by atoms with Crippen LogP contribution in [0.3, 0.4) is 0 Å². The van der Waals surface area contributed by atoms with Gasteiger partial charge in [-0.2, -0.15) is 36.3 Å². The normalized spacial score (nSPS) is 18.4. The largest absolute Gasteiger partial charge is 0.451 e. The Bertz CT molecular complexity index is 1310. The lowest BCUT2D eigenvalue weighted by molar-refractivity contribution is -0.155. The molecule has 0 aliphatic carbocycles. The predicted octanol–water partition coefficient (Wildman–Crippen LogP) is 6.09. The second-order valence-corrected chi connectivity index (χ2v) is 11.0. The minimum absolute atomic E-state index is 0.0504. The summed E-state index contributed by atoms with van der Waals surface area (Å²) >= 11 is 6.18. The molecule has 0 bridgehead atoms. The molecule has 3 atom stereocenters. The predicted molar refractivity (Wildman–Crippen MR) is 132 cm³/mol. The summed E-state index contributed by atoms with van der Waals surface area (Å²) in [5.74, 6) is -4.72. The van der Waals surface area contributed by atoms with Crippen LogP contribution in [0.25, 0.3) is 10.9 Å². The Morgan fingerprint density at radius 3 is 2.23 bits per heavy atom. The lowest BCUT2D eigenvalue weighted by Crippen LogP contribution is -2.39. The maximum atomic E-state index is 13.5. The molecule has 2 aromatic heterocycles. The van der Waals surface area contributed by atoms with E-state index >= 15 is 0 Å². The Balaban J connectivity index is 1.77. The van der Waals surface area contributed by atoms with Gasteiger partial charge in [0.15, 0.2) is 0 Å². The number of rotatable bonds is 7. The molecule has 39 heavy (non-hydrogen) atoms. The van der Waals surface area contributed by atoms with Crippen molar-refractivity contribution in [1.29, 1.82) is 0 Å². The van der Waals surface area contributed by atoms with Crippen molar-refractivity contribution in [2.45, 2.75) is 76.6 Å². The number of aromatic nitrogens is 4. The second-order valence-electron chi connectivity index (χ2n) is 10.5. The number of halogens is 7. The van der Waals surface area contributed by atoms with E-state index < -0.39 is 47.7 Å². The molecule has 1 aromatic carbocycles. The van der Waals surface area contributed by atoms with Crippen LogP contribution in [0.5, 0.6) is 0 Å². The summed E-state index contributed by atoms with van der Waals surface area (Å²) in [5.41, 5.74) is 0.881. The molecule has 3 aromatic rings. The fourth-order valence-corrected chi connectivity index (χ4v) is 5.04. The Morgan fingerprint density at radius 1 is 1.05 bits per heavy atom. The Kier molecular flexibility index (Phi) is 7.82. The molecule has 0 amide bonds. The lowest BCUT2D eigenvalue weighted by Gasteiger charge is -2.37. The summed E-state index contributed by atoms with van der Waals surface area (Å²) in [4.78, 5) is 14.1. The SMILES string of the molecule is CC(CCC(O)C(C)(C)O)C[C@H]1c2[nH]c3ccc(Cl)cc3c2CCN1c1nc(C(F)(F)F)nc(C(F)(F)F)n1. The fourth-order valence-electron chi connectivity index (χ4n) is 4.86. The maximum Gasteiger partial charge on any atom is 0.451 e. The molecule has 0 saturated heterocycles. The van der Waals surface area contributed by atoms with E-state index in [0.717, 1.165) is 16.5 Å². The molecule has 214 valence electrons. The number of aliphatic hydroxyl groups excluding tert-OH is 1. The maximum absolute atomic E-state index is 13.5. The average Bonchev–Trinajstić information content (AvgIpc) is 3.19. The highest BCUT2D eigenvalue weighted by atomic mass is 35.5. The van der Waals surface area contributed by atoms with Crippen molar-refractivity contribution >= 4 is 28.5 Å². The molecule has 1 aliphatic heterocycles. The van der Waals surface area contributed by atoms with Gasteiger partial charge in [-0.15, -0.1) is 0 Å². The number of anilines is 1. The number of H-pyrrole nitrogens is 1. The number of aromatic amines is 1. The molecule has 1 aliphatic rings. The zero-order valence-corrected chi connectivity index (χ0v) is 22.1. The number of benzene rings is 1. The van der Waals surface area contributed by atoms with E-state index in [4.69, 9.17) is 11.6 Å². The molecule has 4 rings (SSSR count). The van der Waals surface area contributed by atoms with Crippen molar-refractivity contribution in [2.24, 2.45) is 5.92 Å². The minimum atomic E-state index is -5.22. The van der Waals surface area contributed by atoms with Gasteiger partial charge < -0.3 is 20.1 Å². The van der Waals surface area contributed by atoms with E-state index in [1.54, 1.807) is 18.2 Å². The van der Waals surface area contributed by atoms with Crippen molar-refractivity contribution in [3.05, 3.63) is 46.1 Å². The third-order valence-electron chi connectivity index (χ3n) is 6.97. The van der Waals surface area contributed by atoms with E-state index in [0.29, 0.717) is 30.0 Å². The molecular weight excluding hydrogens is 552 g/mol. The summed E-state index contributed by atoms with van der Waals surface area (Å²) in [6, 6.07) is 4.48. The van der Waals surface area contributed by atoms with Crippen LogP contribution in [-0.2, 0) is 18.8 Å². The molecule has 3 N–H and O–H groups in total. The Labute approximate surface area is 225 Å². The van der Waals surface area contributed by atoms with Crippen LogP contribution in [0, 0.1) is 5.92 Å². The van der Waals surface area contributed by atoms with Gasteiger partial charge in [-0.3, -0.25) is 0 Å². The van der Waals surface area contributed by atoms with Crippen molar-refractivity contribution in [2.75, 3.05) is 11.4 Å². The van der Waals surface area contributed by atoms with Gasteiger partial charge in [0, 0.05) is 28.2 Å². The van der Waals surface area contributed by atoms with E-state index in [-0.39, 0.29) is 18.9 Å². The third-order valence-corrected chi connectivity index (χ3v) is 7.21. The van der Waals surface area contributed by atoms with Gasteiger partial charge in [-0.1, -0.05) is 18.5 Å². The molecular formula is C25H28ClF6N5O2. The first-order chi connectivity index (χ1) is 17.9. The Morgan fingerprint density at radius 2 is 1.67 bits per heavy atom. The second kappa shape index (κ2) is 10.4. The lowest BCUT2D eigenvalue weighted by atomic mass is 9.87. The molecule has 2 unspecified atom stereocenters. The standard InChI is InChI=1S/C25H28ClF6N5O2/c1-12(4-7-18(38)23(2,3)39)10-17-19-14(15-11-13(26)5-6-16(15)33-19)8-9-37(17)22-35-20(24(27,28)29)34-21(36-22)25(30,31)32/h5-6,11-12,17-18,33,38-39H,4,7-10H2,1-3H3/t12?,17-,18?/m0/s1. The van der Waals surface area contributed by atoms with Crippen molar-refractivity contribution < 1.29 is 36.6 Å². The van der Waals surface area contributed by atoms with E-state index in [1.165, 1.54) is 18.7 Å². The number of hydrogen-bond donors (Lipinski definition) is 3. The fraction of sp³-hybridized carbons (Fsp3) is 0.560. The van der Waals surface area contributed by atoms with Gasteiger partial charge in [-0.05, 0) is 69.2 Å². The molecule has 0 spiro atoms. The highest BCUT2D eigenvalue weighted by Gasteiger charge is 2.43. The quantitative estimate of drug-likeness (QED) is 0.293. The minimum Gasteiger partial charge on any atom is -0.390 e. The molecule has 7 nitrogen and oxygen atoms in total. The number of nitrogens with zero attached hydrogens (tertiary/aromatic N) is 4. The molecule has 0 saturated carbocycles.